The maximum Gasteiger partial charge on any atom is 0.128 e. The van der Waals surface area contributed by atoms with Gasteiger partial charge in [0.25, 0.3) is 0 Å². The summed E-state index contributed by atoms with van der Waals surface area (Å²) >= 11 is 5.91. The number of rotatable bonds is 4. The molecule has 0 saturated carbocycles. The van der Waals surface area contributed by atoms with Gasteiger partial charge in [-0.05, 0) is 12.1 Å². The zero-order chi connectivity index (χ0) is 13.9. The van der Waals surface area contributed by atoms with Crippen LogP contribution in [0.25, 0.3) is 0 Å². The monoisotopic (exact) mass is 286 g/mol. The number of nitrogens with zero attached hydrogens (tertiary/aromatic N) is 2. The fraction of sp³-hybridized carbons (Fsp3) is 0.615. The van der Waals surface area contributed by atoms with Crippen molar-refractivity contribution in [3.05, 3.63) is 22.8 Å². The van der Waals surface area contributed by atoms with E-state index in [1.54, 1.807) is 12.1 Å². The molecule has 0 spiro atoms. The first kappa shape index (κ1) is 14.5. The van der Waals surface area contributed by atoms with E-state index in [1.165, 1.54) is 0 Å². The molecule has 5 nitrogen and oxygen atoms in total. The molecule has 0 atom stereocenters. The molecule has 6 heteroatoms. The van der Waals surface area contributed by atoms with E-state index in [9.17, 15) is 5.11 Å². The lowest BCUT2D eigenvalue weighted by Gasteiger charge is -2.35. The summed E-state index contributed by atoms with van der Waals surface area (Å²) in [7, 11) is 1.87. The van der Waals surface area contributed by atoms with Gasteiger partial charge in [0.1, 0.15) is 5.82 Å². The third-order valence-corrected chi connectivity index (χ3v) is 3.74. The van der Waals surface area contributed by atoms with Gasteiger partial charge >= 0.3 is 0 Å². The van der Waals surface area contributed by atoms with E-state index in [-0.39, 0.29) is 6.61 Å². The first-order valence-corrected chi connectivity index (χ1v) is 6.69. The zero-order valence-electron chi connectivity index (χ0n) is 11.0. The van der Waals surface area contributed by atoms with Crippen LogP contribution in [-0.2, 0) is 11.3 Å². The smallest absolute Gasteiger partial charge is 0.128 e. The van der Waals surface area contributed by atoms with Crippen molar-refractivity contribution < 1.29 is 14.9 Å². The van der Waals surface area contributed by atoms with Gasteiger partial charge < -0.3 is 19.8 Å². The van der Waals surface area contributed by atoms with Crippen molar-refractivity contribution in [3.63, 3.8) is 0 Å². The molecule has 0 bridgehead atoms. The quantitative estimate of drug-likeness (QED) is 0.871. The summed E-state index contributed by atoms with van der Waals surface area (Å²) in [5.41, 5.74) is -0.293. The molecule has 2 N–H and O–H groups in total. The molecule has 19 heavy (non-hydrogen) atoms. The first-order chi connectivity index (χ1) is 9.04. The Labute approximate surface area is 117 Å². The molecule has 1 aliphatic rings. The van der Waals surface area contributed by atoms with Crippen molar-refractivity contribution in [2.24, 2.45) is 0 Å². The topological polar surface area (TPSA) is 65.8 Å². The van der Waals surface area contributed by atoms with Gasteiger partial charge in [-0.1, -0.05) is 11.6 Å². The zero-order valence-corrected chi connectivity index (χ0v) is 11.7. The lowest BCUT2D eigenvalue weighted by Crippen LogP contribution is -2.46. The Morgan fingerprint density at radius 3 is 2.74 bits per heavy atom. The van der Waals surface area contributed by atoms with Crippen molar-refractivity contribution in [2.45, 2.75) is 25.0 Å². The largest absolute Gasteiger partial charge is 0.390 e. The SMILES string of the molecule is CN(CC1(O)CCOCC1)c1ccc(Cl)c(CO)n1. The lowest BCUT2D eigenvalue weighted by atomic mass is 9.94. The maximum absolute atomic E-state index is 10.5. The molecule has 1 aromatic heterocycles. The summed E-state index contributed by atoms with van der Waals surface area (Å²) in [6.45, 7) is 1.45. The van der Waals surface area contributed by atoms with Gasteiger partial charge in [0.05, 0.1) is 22.9 Å². The molecular formula is C13H19ClN2O3. The number of pyridine rings is 1. The highest BCUT2D eigenvalue weighted by Gasteiger charge is 2.31. The summed E-state index contributed by atoms with van der Waals surface area (Å²) in [5.74, 6) is 0.688. The van der Waals surface area contributed by atoms with Gasteiger partial charge in [0.15, 0.2) is 0 Å². The van der Waals surface area contributed by atoms with Crippen LogP contribution >= 0.6 is 11.6 Å². The number of hydrogen-bond donors (Lipinski definition) is 2. The fourth-order valence-corrected chi connectivity index (χ4v) is 2.39. The Bertz CT molecular complexity index is 436. The van der Waals surface area contributed by atoms with E-state index in [0.717, 1.165) is 0 Å². The Morgan fingerprint density at radius 2 is 2.11 bits per heavy atom. The Morgan fingerprint density at radius 1 is 1.42 bits per heavy atom. The van der Waals surface area contributed by atoms with Crippen molar-refractivity contribution in [2.75, 3.05) is 31.7 Å². The van der Waals surface area contributed by atoms with E-state index in [1.807, 2.05) is 11.9 Å². The average molecular weight is 287 g/mol. The number of likely N-dealkylation sites (N-methyl/N-ethyl adjacent to an activating group) is 1. The van der Waals surface area contributed by atoms with Crippen LogP contribution in [0, 0.1) is 0 Å². The van der Waals surface area contributed by atoms with E-state index >= 15 is 0 Å². The molecule has 1 aliphatic heterocycles. The van der Waals surface area contributed by atoms with E-state index in [4.69, 9.17) is 21.4 Å². The van der Waals surface area contributed by atoms with Gasteiger partial charge in [-0.2, -0.15) is 0 Å². The summed E-state index contributed by atoms with van der Waals surface area (Å²) in [5, 5.41) is 20.1. The minimum atomic E-state index is -0.742. The minimum absolute atomic E-state index is 0.196. The van der Waals surface area contributed by atoms with E-state index < -0.39 is 5.60 Å². The summed E-state index contributed by atoms with van der Waals surface area (Å²) in [4.78, 5) is 6.16. The fourth-order valence-electron chi connectivity index (χ4n) is 2.23. The van der Waals surface area contributed by atoms with Crippen molar-refractivity contribution in [3.8, 4) is 0 Å². The molecule has 1 aromatic rings. The lowest BCUT2D eigenvalue weighted by molar-refractivity contribution is -0.0573. The Hall–Kier alpha value is -0.880. The molecule has 0 aliphatic carbocycles. The predicted octanol–water partition coefficient (Wildman–Crippen LogP) is 1.20. The maximum atomic E-state index is 10.5. The average Bonchev–Trinajstić information content (AvgIpc) is 2.39. The Kier molecular flexibility index (Phi) is 4.62. The van der Waals surface area contributed by atoms with Crippen LogP contribution in [0.4, 0.5) is 5.82 Å². The Balaban J connectivity index is 2.08. The van der Waals surface area contributed by atoms with E-state index in [2.05, 4.69) is 4.98 Å². The molecule has 0 unspecified atom stereocenters. The molecule has 1 saturated heterocycles. The number of halogens is 1. The van der Waals surface area contributed by atoms with Crippen LogP contribution in [0.5, 0.6) is 0 Å². The van der Waals surface area contributed by atoms with Crippen LogP contribution in [-0.4, -0.2) is 47.6 Å². The van der Waals surface area contributed by atoms with Crippen LogP contribution in [0.15, 0.2) is 12.1 Å². The second-order valence-electron chi connectivity index (χ2n) is 4.95. The first-order valence-electron chi connectivity index (χ1n) is 6.32. The number of ether oxygens (including phenoxy) is 1. The number of aliphatic hydroxyl groups excluding tert-OH is 1. The van der Waals surface area contributed by atoms with E-state index in [0.29, 0.717) is 49.1 Å². The third kappa shape index (κ3) is 3.57. The second-order valence-corrected chi connectivity index (χ2v) is 5.36. The third-order valence-electron chi connectivity index (χ3n) is 3.40. The normalized spacial score (nSPS) is 18.3. The van der Waals surface area contributed by atoms with Crippen LogP contribution in [0.1, 0.15) is 18.5 Å². The minimum Gasteiger partial charge on any atom is -0.390 e. The van der Waals surface area contributed by atoms with Gasteiger partial charge in [-0.25, -0.2) is 4.98 Å². The van der Waals surface area contributed by atoms with Crippen molar-refractivity contribution in [1.29, 1.82) is 0 Å². The number of hydrogen-bond acceptors (Lipinski definition) is 5. The van der Waals surface area contributed by atoms with Gasteiger partial charge in [-0.15, -0.1) is 0 Å². The molecule has 2 rings (SSSR count). The summed E-state index contributed by atoms with van der Waals surface area (Å²) in [6, 6.07) is 3.49. The standard InChI is InChI=1S/C13H19ClN2O3/c1-16(9-13(18)4-6-19-7-5-13)12-3-2-10(14)11(8-17)15-12/h2-3,17-18H,4-9H2,1H3. The van der Waals surface area contributed by atoms with Crippen LogP contribution < -0.4 is 4.90 Å². The molecular weight excluding hydrogens is 268 g/mol. The second kappa shape index (κ2) is 6.05. The molecule has 106 valence electrons. The predicted molar refractivity (Wildman–Crippen MR) is 73.4 cm³/mol. The highest BCUT2D eigenvalue weighted by molar-refractivity contribution is 6.31. The van der Waals surface area contributed by atoms with Gasteiger partial charge in [-0.3, -0.25) is 0 Å². The molecule has 2 heterocycles. The number of anilines is 1. The molecule has 0 aromatic carbocycles. The highest BCUT2D eigenvalue weighted by Crippen LogP contribution is 2.24. The van der Waals surface area contributed by atoms with Crippen molar-refractivity contribution >= 4 is 17.4 Å². The summed E-state index contributed by atoms with van der Waals surface area (Å²) < 4.78 is 5.26. The van der Waals surface area contributed by atoms with Crippen LogP contribution in [0.2, 0.25) is 5.02 Å². The van der Waals surface area contributed by atoms with Gasteiger partial charge in [0.2, 0.25) is 0 Å². The number of aliphatic hydroxyl groups is 2. The van der Waals surface area contributed by atoms with Crippen LogP contribution in [0.3, 0.4) is 0 Å². The number of aromatic nitrogens is 1. The van der Waals surface area contributed by atoms with Crippen molar-refractivity contribution in [1.82, 2.24) is 4.98 Å². The van der Waals surface area contributed by atoms with Gasteiger partial charge in [0, 0.05) is 39.6 Å². The molecule has 0 radical (unpaired) electrons. The molecule has 0 amide bonds. The summed E-state index contributed by atoms with van der Waals surface area (Å²) in [6.07, 6.45) is 1.25. The highest BCUT2D eigenvalue weighted by atomic mass is 35.5. The molecule has 1 fully saturated rings.